The van der Waals surface area contributed by atoms with Gasteiger partial charge in [-0.15, -0.1) is 0 Å². The molecule has 23 heavy (non-hydrogen) atoms. The number of nitro benzene ring substituents is 1. The van der Waals surface area contributed by atoms with Gasteiger partial charge in [0.1, 0.15) is 11.2 Å². The molecule has 0 saturated heterocycles. The molecule has 6 heteroatoms. The zero-order chi connectivity index (χ0) is 16.4. The number of hydrogen-bond acceptors (Lipinski definition) is 4. The number of carbonyl (C=O) groups excluding carboxylic acids is 1. The van der Waals surface area contributed by atoms with Gasteiger partial charge in [0.2, 0.25) is 0 Å². The van der Waals surface area contributed by atoms with Crippen molar-refractivity contribution in [2.75, 3.05) is 6.61 Å². The fourth-order valence-corrected chi connectivity index (χ4v) is 2.54. The molecule has 6 nitrogen and oxygen atoms in total. The first-order valence-electron chi connectivity index (χ1n) is 7.14. The maximum atomic E-state index is 11.9. The van der Waals surface area contributed by atoms with Crippen LogP contribution in [0, 0.1) is 10.1 Å². The first kappa shape index (κ1) is 14.8. The molecule has 0 spiro atoms. The topological polar surface area (TPSA) is 85.2 Å². The van der Waals surface area contributed by atoms with E-state index in [1.54, 1.807) is 19.1 Å². The summed E-state index contributed by atoms with van der Waals surface area (Å²) in [7, 11) is 0. The number of aromatic nitrogens is 1. The number of nitrogens with zero attached hydrogens (tertiary/aromatic N) is 1. The molecule has 0 aliphatic heterocycles. The van der Waals surface area contributed by atoms with E-state index < -0.39 is 10.9 Å². The van der Waals surface area contributed by atoms with Crippen LogP contribution < -0.4 is 0 Å². The Morgan fingerprint density at radius 2 is 1.96 bits per heavy atom. The zero-order valence-corrected chi connectivity index (χ0v) is 12.4. The molecule has 3 aromatic rings. The molecule has 0 atom stereocenters. The van der Waals surface area contributed by atoms with Gasteiger partial charge in [0.05, 0.1) is 11.5 Å². The minimum atomic E-state index is -0.531. The first-order chi connectivity index (χ1) is 11.1. The second kappa shape index (κ2) is 5.92. The quantitative estimate of drug-likeness (QED) is 0.449. The minimum Gasteiger partial charge on any atom is -0.461 e. The second-order valence-corrected chi connectivity index (χ2v) is 4.95. The Labute approximate surface area is 131 Å². The Kier molecular flexibility index (Phi) is 3.80. The molecule has 1 N–H and O–H groups in total. The highest BCUT2D eigenvalue weighted by Gasteiger charge is 2.20. The smallest absolute Gasteiger partial charge is 0.354 e. The summed E-state index contributed by atoms with van der Waals surface area (Å²) in [4.78, 5) is 25.5. The van der Waals surface area contributed by atoms with E-state index in [2.05, 4.69) is 4.98 Å². The van der Waals surface area contributed by atoms with Gasteiger partial charge in [0.15, 0.2) is 0 Å². The van der Waals surface area contributed by atoms with Crippen molar-refractivity contribution in [3.63, 3.8) is 0 Å². The number of nitrogens with one attached hydrogen (secondary N) is 1. The third-order valence-corrected chi connectivity index (χ3v) is 3.55. The van der Waals surface area contributed by atoms with Crippen LogP contribution in [0.15, 0.2) is 48.5 Å². The fourth-order valence-electron chi connectivity index (χ4n) is 2.54. The van der Waals surface area contributed by atoms with Crippen molar-refractivity contribution >= 4 is 22.6 Å². The minimum absolute atomic E-state index is 0.0739. The van der Waals surface area contributed by atoms with E-state index in [9.17, 15) is 14.9 Å². The fraction of sp³-hybridized carbons (Fsp3) is 0.118. The Hall–Kier alpha value is -3.15. The predicted octanol–water partition coefficient (Wildman–Crippen LogP) is 3.92. The average molecular weight is 310 g/mol. The highest BCUT2D eigenvalue weighted by Crippen LogP contribution is 2.34. The SMILES string of the molecule is CCOC(=O)c1cc2c(-c3ccccc3)ccc([N+](=O)[O-])c2[nH]1. The van der Waals surface area contributed by atoms with Crippen molar-refractivity contribution in [1.82, 2.24) is 4.98 Å². The first-order valence-corrected chi connectivity index (χ1v) is 7.14. The normalized spacial score (nSPS) is 10.7. The van der Waals surface area contributed by atoms with Crippen LogP contribution in [0.25, 0.3) is 22.0 Å². The number of ether oxygens (including phenoxy) is 1. The Bertz CT molecular complexity index is 884. The van der Waals surface area contributed by atoms with Crippen molar-refractivity contribution in [3.05, 3.63) is 64.3 Å². The Morgan fingerprint density at radius 1 is 1.22 bits per heavy atom. The van der Waals surface area contributed by atoms with Crippen LogP contribution in [0.1, 0.15) is 17.4 Å². The third kappa shape index (κ3) is 2.66. The lowest BCUT2D eigenvalue weighted by molar-refractivity contribution is -0.383. The molecule has 0 saturated carbocycles. The molecule has 0 amide bonds. The number of non-ortho nitro benzene ring substituents is 1. The van der Waals surface area contributed by atoms with Crippen LogP contribution in [0.2, 0.25) is 0 Å². The van der Waals surface area contributed by atoms with Gasteiger partial charge in [0.25, 0.3) is 5.69 Å². The lowest BCUT2D eigenvalue weighted by Crippen LogP contribution is -2.04. The summed E-state index contributed by atoms with van der Waals surface area (Å²) in [5.41, 5.74) is 2.18. The van der Waals surface area contributed by atoms with Gasteiger partial charge in [0, 0.05) is 11.5 Å². The molecule has 0 unspecified atom stereocenters. The standard InChI is InChI=1S/C17H14N2O4/c1-2-23-17(20)14-10-13-12(11-6-4-3-5-7-11)8-9-15(19(21)22)16(13)18-14/h3-10,18H,2H2,1H3. The highest BCUT2D eigenvalue weighted by atomic mass is 16.6. The van der Waals surface area contributed by atoms with Crippen molar-refractivity contribution < 1.29 is 14.5 Å². The van der Waals surface area contributed by atoms with Gasteiger partial charge in [-0.3, -0.25) is 10.1 Å². The molecule has 3 rings (SSSR count). The summed E-state index contributed by atoms with van der Waals surface area (Å²) in [6.07, 6.45) is 0. The van der Waals surface area contributed by atoms with E-state index in [1.807, 2.05) is 30.3 Å². The molecule has 2 aromatic carbocycles. The maximum Gasteiger partial charge on any atom is 0.354 e. The summed E-state index contributed by atoms with van der Waals surface area (Å²) in [6.45, 7) is 1.94. The van der Waals surface area contributed by atoms with Gasteiger partial charge >= 0.3 is 5.97 Å². The molecule has 0 aliphatic carbocycles. The maximum absolute atomic E-state index is 11.9. The number of esters is 1. The summed E-state index contributed by atoms with van der Waals surface area (Å²) in [5, 5.41) is 11.9. The van der Waals surface area contributed by atoms with Crippen LogP contribution >= 0.6 is 0 Å². The monoisotopic (exact) mass is 310 g/mol. The molecule has 116 valence electrons. The molecule has 0 bridgehead atoms. The van der Waals surface area contributed by atoms with E-state index in [1.165, 1.54) is 6.07 Å². The van der Waals surface area contributed by atoms with E-state index in [0.717, 1.165) is 11.1 Å². The summed E-state index contributed by atoms with van der Waals surface area (Å²) < 4.78 is 4.96. The van der Waals surface area contributed by atoms with E-state index in [4.69, 9.17) is 4.74 Å². The van der Waals surface area contributed by atoms with Crippen molar-refractivity contribution in [1.29, 1.82) is 0 Å². The van der Waals surface area contributed by atoms with Crippen molar-refractivity contribution in [3.8, 4) is 11.1 Å². The largest absolute Gasteiger partial charge is 0.461 e. The van der Waals surface area contributed by atoms with Gasteiger partial charge in [-0.05, 0) is 30.2 Å². The molecule has 1 aromatic heterocycles. The van der Waals surface area contributed by atoms with Crippen molar-refractivity contribution in [2.45, 2.75) is 6.92 Å². The van der Waals surface area contributed by atoms with Crippen molar-refractivity contribution in [2.24, 2.45) is 0 Å². The van der Waals surface area contributed by atoms with Crippen LogP contribution in [0.4, 0.5) is 5.69 Å². The number of benzene rings is 2. The lowest BCUT2D eigenvalue weighted by Gasteiger charge is -2.03. The number of H-pyrrole nitrogens is 1. The molecule has 0 aliphatic rings. The van der Waals surface area contributed by atoms with E-state index >= 15 is 0 Å². The Morgan fingerprint density at radius 3 is 2.61 bits per heavy atom. The van der Waals surface area contributed by atoms with Gasteiger partial charge in [-0.1, -0.05) is 30.3 Å². The molecular formula is C17H14N2O4. The third-order valence-electron chi connectivity index (χ3n) is 3.55. The van der Waals surface area contributed by atoms with E-state index in [-0.39, 0.29) is 18.0 Å². The average Bonchev–Trinajstić information content (AvgIpc) is 3.00. The molecule has 1 heterocycles. The second-order valence-electron chi connectivity index (χ2n) is 4.95. The summed E-state index contributed by atoms with van der Waals surface area (Å²) >= 11 is 0. The summed E-state index contributed by atoms with van der Waals surface area (Å²) in [5.74, 6) is -0.531. The van der Waals surface area contributed by atoms with Crippen LogP contribution in [0.3, 0.4) is 0 Å². The molecule has 0 radical (unpaired) electrons. The number of nitro groups is 1. The number of rotatable bonds is 4. The zero-order valence-electron chi connectivity index (χ0n) is 12.4. The van der Waals surface area contributed by atoms with Crippen LogP contribution in [-0.4, -0.2) is 22.5 Å². The number of aromatic amines is 1. The number of fused-ring (bicyclic) bond motifs is 1. The predicted molar refractivity (Wildman–Crippen MR) is 86.3 cm³/mol. The number of hydrogen-bond donors (Lipinski definition) is 1. The van der Waals surface area contributed by atoms with Gasteiger partial charge in [-0.2, -0.15) is 0 Å². The highest BCUT2D eigenvalue weighted by molar-refractivity contribution is 6.04. The number of carbonyl (C=O) groups is 1. The van der Waals surface area contributed by atoms with Gasteiger partial charge in [-0.25, -0.2) is 4.79 Å². The molecular weight excluding hydrogens is 296 g/mol. The van der Waals surface area contributed by atoms with E-state index in [0.29, 0.717) is 10.9 Å². The molecule has 0 fully saturated rings. The van der Waals surface area contributed by atoms with Gasteiger partial charge < -0.3 is 9.72 Å². The lowest BCUT2D eigenvalue weighted by atomic mass is 10.0. The Balaban J connectivity index is 2.25. The van der Waals surface area contributed by atoms with Crippen LogP contribution in [-0.2, 0) is 4.74 Å². The van der Waals surface area contributed by atoms with Crippen LogP contribution in [0.5, 0.6) is 0 Å². The summed E-state index contributed by atoms with van der Waals surface area (Å²) in [6, 6.07) is 14.2.